The first kappa shape index (κ1) is 19.8. The molecular weight excluding hydrogens is 224 g/mol. The first-order chi connectivity index (χ1) is 6.62. The molecule has 4 nitrogen and oxygen atoms in total. The third-order valence-electron chi connectivity index (χ3n) is 0.843. The van der Waals surface area contributed by atoms with Crippen LogP contribution in [-0.2, 0) is 0 Å². The monoisotopic (exact) mass is 244 g/mol. The van der Waals surface area contributed by atoms with Crippen LogP contribution in [0.3, 0.4) is 0 Å². The molecule has 2 unspecified atom stereocenters. The Bertz CT molecular complexity index is 77.4. The topological polar surface area (TPSA) is 80.9 Å². The SMILES string of the molecule is C=C.OCC(O)CS.OCC(O)CS. The van der Waals surface area contributed by atoms with Gasteiger partial charge < -0.3 is 20.4 Å². The van der Waals surface area contributed by atoms with E-state index in [4.69, 9.17) is 20.4 Å². The van der Waals surface area contributed by atoms with Crippen molar-refractivity contribution < 1.29 is 20.4 Å². The lowest BCUT2D eigenvalue weighted by atomic mass is 10.4. The Morgan fingerprint density at radius 1 is 0.857 bits per heavy atom. The number of aliphatic hydroxyl groups excluding tert-OH is 4. The average Bonchev–Trinajstić information content (AvgIpc) is 2.30. The number of hydrogen-bond acceptors (Lipinski definition) is 6. The van der Waals surface area contributed by atoms with E-state index in [1.54, 1.807) is 0 Å². The molecule has 88 valence electrons. The zero-order valence-corrected chi connectivity index (χ0v) is 9.87. The fraction of sp³-hybridized carbons (Fsp3) is 0.750. The van der Waals surface area contributed by atoms with E-state index in [2.05, 4.69) is 38.4 Å². The van der Waals surface area contributed by atoms with Crippen molar-refractivity contribution in [3.05, 3.63) is 13.2 Å². The molecule has 0 heterocycles. The van der Waals surface area contributed by atoms with Gasteiger partial charge in [0.15, 0.2) is 0 Å². The minimum Gasteiger partial charge on any atom is -0.394 e. The highest BCUT2D eigenvalue weighted by molar-refractivity contribution is 7.80. The number of aliphatic hydroxyl groups is 4. The second-order valence-corrected chi connectivity index (χ2v) is 2.77. The van der Waals surface area contributed by atoms with Gasteiger partial charge in [-0.15, -0.1) is 13.2 Å². The normalized spacial score (nSPS) is 12.7. The Morgan fingerprint density at radius 2 is 1.07 bits per heavy atom. The summed E-state index contributed by atoms with van der Waals surface area (Å²) < 4.78 is 0. The molecular formula is C8H20O4S2. The Labute approximate surface area is 96.1 Å². The molecule has 0 bridgehead atoms. The first-order valence-electron chi connectivity index (χ1n) is 3.91. The number of hydrogen-bond donors (Lipinski definition) is 6. The summed E-state index contributed by atoms with van der Waals surface area (Å²) >= 11 is 7.37. The summed E-state index contributed by atoms with van der Waals surface area (Å²) in [4.78, 5) is 0. The molecule has 0 aliphatic carbocycles. The maximum Gasteiger partial charge on any atom is 0.0858 e. The minimum atomic E-state index is -0.645. The Hall–Kier alpha value is 0.280. The molecule has 0 aromatic carbocycles. The lowest BCUT2D eigenvalue weighted by Gasteiger charge is -1.96. The van der Waals surface area contributed by atoms with E-state index in [1.807, 2.05) is 0 Å². The lowest BCUT2D eigenvalue weighted by molar-refractivity contribution is 0.114. The van der Waals surface area contributed by atoms with E-state index in [-0.39, 0.29) is 13.2 Å². The van der Waals surface area contributed by atoms with Crippen LogP contribution < -0.4 is 0 Å². The van der Waals surface area contributed by atoms with Gasteiger partial charge in [-0.3, -0.25) is 0 Å². The van der Waals surface area contributed by atoms with Crippen LogP contribution in [0.25, 0.3) is 0 Å². The van der Waals surface area contributed by atoms with E-state index in [0.717, 1.165) is 0 Å². The third kappa shape index (κ3) is 22.8. The van der Waals surface area contributed by atoms with Gasteiger partial charge in [0.2, 0.25) is 0 Å². The van der Waals surface area contributed by atoms with E-state index < -0.39 is 12.2 Å². The minimum absolute atomic E-state index is 0.191. The number of rotatable bonds is 4. The molecule has 0 aliphatic rings. The summed E-state index contributed by atoms with van der Waals surface area (Å²) in [5, 5.41) is 32.8. The van der Waals surface area contributed by atoms with Crippen molar-refractivity contribution in [1.82, 2.24) is 0 Å². The summed E-state index contributed by atoms with van der Waals surface area (Å²) in [5.41, 5.74) is 0. The van der Waals surface area contributed by atoms with Crippen molar-refractivity contribution in [3.8, 4) is 0 Å². The summed E-state index contributed by atoms with van der Waals surface area (Å²) in [6.45, 7) is 5.62. The highest BCUT2D eigenvalue weighted by Gasteiger charge is 1.93. The summed E-state index contributed by atoms with van der Waals surface area (Å²) in [5.74, 6) is 0.660. The van der Waals surface area contributed by atoms with Crippen molar-refractivity contribution in [2.24, 2.45) is 0 Å². The van der Waals surface area contributed by atoms with Crippen LogP contribution in [0.15, 0.2) is 13.2 Å². The molecule has 0 spiro atoms. The van der Waals surface area contributed by atoms with Gasteiger partial charge in [-0.2, -0.15) is 25.3 Å². The second kappa shape index (κ2) is 18.9. The van der Waals surface area contributed by atoms with Crippen LogP contribution >= 0.6 is 25.3 Å². The Morgan fingerprint density at radius 3 is 1.07 bits per heavy atom. The fourth-order valence-electron chi connectivity index (χ4n) is 0.115. The average molecular weight is 244 g/mol. The van der Waals surface area contributed by atoms with Gasteiger partial charge in [-0.1, -0.05) is 0 Å². The summed E-state index contributed by atoms with van der Waals surface area (Å²) in [6.07, 6.45) is -1.29. The molecule has 0 saturated heterocycles. The van der Waals surface area contributed by atoms with Gasteiger partial charge in [0.1, 0.15) is 0 Å². The van der Waals surface area contributed by atoms with Gasteiger partial charge in [-0.25, -0.2) is 0 Å². The Kier molecular flexibility index (Phi) is 26.8. The molecule has 2 atom stereocenters. The van der Waals surface area contributed by atoms with Crippen LogP contribution in [0.5, 0.6) is 0 Å². The highest BCUT2D eigenvalue weighted by Crippen LogP contribution is 1.81. The molecule has 0 saturated carbocycles. The quantitative estimate of drug-likeness (QED) is 0.293. The van der Waals surface area contributed by atoms with Crippen molar-refractivity contribution in [1.29, 1.82) is 0 Å². The second-order valence-electron chi connectivity index (χ2n) is 2.04. The summed E-state index contributed by atoms with van der Waals surface area (Å²) in [7, 11) is 0. The van der Waals surface area contributed by atoms with Crippen molar-refractivity contribution >= 4 is 25.3 Å². The van der Waals surface area contributed by atoms with E-state index in [0.29, 0.717) is 11.5 Å². The van der Waals surface area contributed by atoms with Crippen LogP contribution in [0, 0.1) is 0 Å². The van der Waals surface area contributed by atoms with Crippen LogP contribution in [0.1, 0.15) is 0 Å². The largest absolute Gasteiger partial charge is 0.394 e. The van der Waals surface area contributed by atoms with Crippen LogP contribution in [-0.4, -0.2) is 57.4 Å². The predicted molar refractivity (Wildman–Crippen MR) is 65.1 cm³/mol. The fourth-order valence-corrected chi connectivity index (χ4v) is 0.346. The summed E-state index contributed by atoms with van der Waals surface area (Å²) in [6, 6.07) is 0. The van der Waals surface area contributed by atoms with Crippen LogP contribution in [0.4, 0.5) is 0 Å². The molecule has 0 aliphatic heterocycles. The smallest absolute Gasteiger partial charge is 0.0858 e. The Balaban J connectivity index is -0.000000147. The first-order valence-corrected chi connectivity index (χ1v) is 5.18. The molecule has 0 aromatic rings. The van der Waals surface area contributed by atoms with Crippen molar-refractivity contribution in [2.75, 3.05) is 24.7 Å². The molecule has 0 aromatic heterocycles. The van der Waals surface area contributed by atoms with E-state index in [9.17, 15) is 0 Å². The zero-order valence-electron chi connectivity index (χ0n) is 8.08. The van der Waals surface area contributed by atoms with Gasteiger partial charge in [0, 0.05) is 11.5 Å². The van der Waals surface area contributed by atoms with Gasteiger partial charge in [0.05, 0.1) is 25.4 Å². The maximum atomic E-state index is 8.34. The van der Waals surface area contributed by atoms with Crippen molar-refractivity contribution in [3.63, 3.8) is 0 Å². The third-order valence-corrected chi connectivity index (χ3v) is 1.69. The molecule has 14 heavy (non-hydrogen) atoms. The lowest BCUT2D eigenvalue weighted by Crippen LogP contribution is -2.12. The maximum absolute atomic E-state index is 8.34. The highest BCUT2D eigenvalue weighted by atomic mass is 32.1. The van der Waals surface area contributed by atoms with Gasteiger partial charge in [-0.05, 0) is 0 Å². The van der Waals surface area contributed by atoms with Gasteiger partial charge >= 0.3 is 0 Å². The number of thiol groups is 2. The van der Waals surface area contributed by atoms with E-state index in [1.165, 1.54) is 0 Å². The molecule has 0 rings (SSSR count). The van der Waals surface area contributed by atoms with Gasteiger partial charge in [0.25, 0.3) is 0 Å². The van der Waals surface area contributed by atoms with E-state index >= 15 is 0 Å². The predicted octanol–water partition coefficient (Wildman–Crippen LogP) is -0.659. The molecule has 0 amide bonds. The zero-order chi connectivity index (χ0) is 12.0. The van der Waals surface area contributed by atoms with Crippen LogP contribution in [0.2, 0.25) is 0 Å². The molecule has 0 radical (unpaired) electrons. The van der Waals surface area contributed by atoms with Crippen molar-refractivity contribution in [2.45, 2.75) is 12.2 Å². The molecule has 4 N–H and O–H groups in total. The molecule has 0 fully saturated rings. The standard InChI is InChI=1S/2C3H8O2S.C2H4/c2*4-1-3(5)2-6;1-2/h2*3-6H,1-2H2;1-2H2. The molecule has 6 heteroatoms.